The molecule has 2 aromatic rings. The van der Waals surface area contributed by atoms with Gasteiger partial charge in [0.1, 0.15) is 0 Å². The Labute approximate surface area is 148 Å². The maximum absolute atomic E-state index is 14.4. The molecule has 7 heteroatoms. The zero-order chi connectivity index (χ0) is 17.6. The highest BCUT2D eigenvalue weighted by atomic mass is 35.5. The van der Waals surface area contributed by atoms with Crippen LogP contribution in [0, 0.1) is 17.6 Å². The van der Waals surface area contributed by atoms with E-state index >= 15 is 0 Å². The molecule has 4 atom stereocenters. The standard InChI is InChI=1S/C18H16ClF2N3O/c19-10-6-4-9(5-7-10)17-15-12(8-14(25)22-18(15)24-23-17)11-2-1-3-13(20)16(11)21/h1-7,12,15,17-18,23-24H,8H2,(H,22,25). The Balaban J connectivity index is 1.75. The van der Waals surface area contributed by atoms with Crippen molar-refractivity contribution in [3.8, 4) is 0 Å². The quantitative estimate of drug-likeness (QED) is 0.769. The van der Waals surface area contributed by atoms with Gasteiger partial charge >= 0.3 is 0 Å². The predicted molar refractivity (Wildman–Crippen MR) is 89.6 cm³/mol. The predicted octanol–water partition coefficient (Wildman–Crippen LogP) is 3.01. The first kappa shape index (κ1) is 16.4. The van der Waals surface area contributed by atoms with E-state index in [9.17, 15) is 13.6 Å². The second kappa shape index (κ2) is 6.37. The average Bonchev–Trinajstić information content (AvgIpc) is 3.01. The van der Waals surface area contributed by atoms with Gasteiger partial charge in [0.15, 0.2) is 11.6 Å². The van der Waals surface area contributed by atoms with Gasteiger partial charge in [-0.25, -0.2) is 19.6 Å². The molecule has 0 spiro atoms. The number of carbonyl (C=O) groups excluding carboxylic acids is 1. The molecule has 4 unspecified atom stereocenters. The van der Waals surface area contributed by atoms with Crippen molar-refractivity contribution in [3.05, 3.63) is 70.2 Å². The molecule has 2 aliphatic rings. The molecule has 2 aromatic carbocycles. The van der Waals surface area contributed by atoms with Crippen LogP contribution in [0.3, 0.4) is 0 Å². The summed E-state index contributed by atoms with van der Waals surface area (Å²) in [5, 5.41) is 3.49. The van der Waals surface area contributed by atoms with Crippen molar-refractivity contribution < 1.29 is 13.6 Å². The maximum Gasteiger partial charge on any atom is 0.221 e. The summed E-state index contributed by atoms with van der Waals surface area (Å²) in [5.74, 6) is -2.60. The van der Waals surface area contributed by atoms with Crippen LogP contribution in [0.25, 0.3) is 0 Å². The Morgan fingerprint density at radius 3 is 2.56 bits per heavy atom. The molecule has 2 aliphatic heterocycles. The molecule has 2 fully saturated rings. The number of nitrogens with one attached hydrogen (secondary N) is 3. The summed E-state index contributed by atoms with van der Waals surface area (Å²) in [5.41, 5.74) is 7.41. The minimum absolute atomic E-state index is 0.106. The third kappa shape index (κ3) is 2.90. The largest absolute Gasteiger partial charge is 0.339 e. The van der Waals surface area contributed by atoms with Gasteiger partial charge in [0.25, 0.3) is 0 Å². The van der Waals surface area contributed by atoms with Crippen molar-refractivity contribution >= 4 is 17.5 Å². The molecule has 2 heterocycles. The average molecular weight is 364 g/mol. The molecule has 0 saturated carbocycles. The number of amides is 1. The van der Waals surface area contributed by atoms with Crippen LogP contribution >= 0.6 is 11.6 Å². The van der Waals surface area contributed by atoms with Gasteiger partial charge in [-0.2, -0.15) is 0 Å². The smallest absolute Gasteiger partial charge is 0.221 e. The van der Waals surface area contributed by atoms with Crippen molar-refractivity contribution in [2.45, 2.75) is 24.5 Å². The van der Waals surface area contributed by atoms with E-state index < -0.39 is 17.6 Å². The first-order valence-corrected chi connectivity index (χ1v) is 8.42. The first-order valence-electron chi connectivity index (χ1n) is 8.04. The monoisotopic (exact) mass is 363 g/mol. The zero-order valence-corrected chi connectivity index (χ0v) is 13.9. The van der Waals surface area contributed by atoms with Gasteiger partial charge in [0, 0.05) is 23.3 Å². The summed E-state index contributed by atoms with van der Waals surface area (Å²) >= 11 is 5.95. The van der Waals surface area contributed by atoms with E-state index in [1.54, 1.807) is 18.2 Å². The molecule has 3 N–H and O–H groups in total. The lowest BCUT2D eigenvalue weighted by atomic mass is 9.74. The Morgan fingerprint density at radius 1 is 1.04 bits per heavy atom. The van der Waals surface area contributed by atoms with E-state index in [4.69, 9.17) is 11.6 Å². The number of piperidine rings is 1. The third-order valence-electron chi connectivity index (χ3n) is 4.96. The van der Waals surface area contributed by atoms with Crippen LogP contribution in [0.15, 0.2) is 42.5 Å². The van der Waals surface area contributed by atoms with Crippen LogP contribution in [0.5, 0.6) is 0 Å². The van der Waals surface area contributed by atoms with Crippen molar-refractivity contribution in [3.63, 3.8) is 0 Å². The fraction of sp³-hybridized carbons (Fsp3) is 0.278. The van der Waals surface area contributed by atoms with Gasteiger partial charge in [-0.1, -0.05) is 35.9 Å². The molecular weight excluding hydrogens is 348 g/mol. The molecular formula is C18H16ClF2N3O. The van der Waals surface area contributed by atoms with Crippen LogP contribution in [-0.4, -0.2) is 12.1 Å². The van der Waals surface area contributed by atoms with Crippen molar-refractivity contribution in [2.75, 3.05) is 0 Å². The molecule has 130 valence electrons. The highest BCUT2D eigenvalue weighted by Gasteiger charge is 2.47. The van der Waals surface area contributed by atoms with Gasteiger partial charge < -0.3 is 5.32 Å². The molecule has 0 bridgehead atoms. The van der Waals surface area contributed by atoms with Gasteiger partial charge in [-0.05, 0) is 29.3 Å². The number of hydrogen-bond acceptors (Lipinski definition) is 3. The highest BCUT2D eigenvalue weighted by Crippen LogP contribution is 2.44. The lowest BCUT2D eigenvalue weighted by Crippen LogP contribution is -2.52. The fourth-order valence-corrected chi connectivity index (χ4v) is 3.96. The molecule has 1 amide bonds. The molecule has 0 aliphatic carbocycles. The molecule has 4 rings (SSSR count). The summed E-state index contributed by atoms with van der Waals surface area (Å²) < 4.78 is 28.1. The maximum atomic E-state index is 14.4. The van der Waals surface area contributed by atoms with Crippen LogP contribution in [-0.2, 0) is 4.79 Å². The summed E-state index contributed by atoms with van der Waals surface area (Å²) in [6.45, 7) is 0. The first-order chi connectivity index (χ1) is 12.0. The van der Waals surface area contributed by atoms with Crippen molar-refractivity contribution in [1.29, 1.82) is 0 Å². The lowest BCUT2D eigenvalue weighted by Gasteiger charge is -2.36. The Bertz CT molecular complexity index is 814. The summed E-state index contributed by atoms with van der Waals surface area (Å²) in [4.78, 5) is 12.1. The minimum Gasteiger partial charge on any atom is -0.339 e. The minimum atomic E-state index is -0.901. The lowest BCUT2D eigenvalue weighted by molar-refractivity contribution is -0.125. The van der Waals surface area contributed by atoms with Crippen LogP contribution in [0.1, 0.15) is 29.5 Å². The number of fused-ring (bicyclic) bond motifs is 1. The SMILES string of the molecule is O=C1CC(c2cccc(F)c2F)C2C(NNC2c2ccc(Cl)cc2)N1. The van der Waals surface area contributed by atoms with Gasteiger partial charge in [0.2, 0.25) is 5.91 Å². The fourth-order valence-electron chi connectivity index (χ4n) is 3.83. The number of halogens is 3. The number of benzene rings is 2. The van der Waals surface area contributed by atoms with Gasteiger partial charge in [0.05, 0.1) is 12.2 Å². The molecule has 0 radical (unpaired) electrons. The summed E-state index contributed by atoms with van der Waals surface area (Å²) in [6, 6.07) is 11.3. The van der Waals surface area contributed by atoms with E-state index in [1.165, 1.54) is 6.07 Å². The summed E-state index contributed by atoms with van der Waals surface area (Å²) in [6.07, 6.45) is -0.260. The molecule has 4 nitrogen and oxygen atoms in total. The number of hydrazine groups is 1. The van der Waals surface area contributed by atoms with E-state index in [0.717, 1.165) is 11.6 Å². The van der Waals surface area contributed by atoms with Crippen LogP contribution < -0.4 is 16.2 Å². The Hall–Kier alpha value is -2.02. The second-order valence-corrected chi connectivity index (χ2v) is 6.83. The molecule has 0 aromatic heterocycles. The van der Waals surface area contributed by atoms with E-state index in [-0.39, 0.29) is 36.0 Å². The van der Waals surface area contributed by atoms with Crippen molar-refractivity contribution in [2.24, 2.45) is 5.92 Å². The van der Waals surface area contributed by atoms with Crippen LogP contribution in [0.2, 0.25) is 5.02 Å². The van der Waals surface area contributed by atoms with Gasteiger partial charge in [-0.3, -0.25) is 4.79 Å². The number of rotatable bonds is 2. The topological polar surface area (TPSA) is 53.2 Å². The zero-order valence-electron chi connectivity index (χ0n) is 13.1. The third-order valence-corrected chi connectivity index (χ3v) is 5.21. The van der Waals surface area contributed by atoms with E-state index in [0.29, 0.717) is 5.02 Å². The summed E-state index contributed by atoms with van der Waals surface area (Å²) in [7, 11) is 0. The van der Waals surface area contributed by atoms with Crippen molar-refractivity contribution in [1.82, 2.24) is 16.2 Å². The van der Waals surface area contributed by atoms with Crippen LogP contribution in [0.4, 0.5) is 8.78 Å². The second-order valence-electron chi connectivity index (χ2n) is 6.39. The molecule has 2 saturated heterocycles. The Kier molecular flexibility index (Phi) is 4.19. The number of hydrogen-bond donors (Lipinski definition) is 3. The van der Waals surface area contributed by atoms with E-state index in [1.807, 2.05) is 12.1 Å². The Morgan fingerprint density at radius 2 is 1.80 bits per heavy atom. The molecule has 25 heavy (non-hydrogen) atoms. The number of carbonyl (C=O) groups is 1. The highest BCUT2D eigenvalue weighted by molar-refractivity contribution is 6.30. The normalized spacial score (nSPS) is 28.5. The van der Waals surface area contributed by atoms with Gasteiger partial charge in [-0.15, -0.1) is 0 Å². The van der Waals surface area contributed by atoms with E-state index in [2.05, 4.69) is 16.2 Å².